The highest BCUT2D eigenvalue weighted by Gasteiger charge is 2.16. The van der Waals surface area contributed by atoms with Crippen LogP contribution in [0.3, 0.4) is 0 Å². The number of ether oxygens (including phenoxy) is 1. The van der Waals surface area contributed by atoms with Gasteiger partial charge in [0.25, 0.3) is 11.8 Å². The zero-order valence-electron chi connectivity index (χ0n) is 16.7. The lowest BCUT2D eigenvalue weighted by molar-refractivity contribution is -0.147. The van der Waals surface area contributed by atoms with E-state index in [4.69, 9.17) is 9.15 Å². The van der Waals surface area contributed by atoms with E-state index in [1.807, 2.05) is 37.3 Å². The first kappa shape index (κ1) is 20.8. The van der Waals surface area contributed by atoms with Crippen molar-refractivity contribution in [1.82, 2.24) is 15.1 Å². The molecular weight excluding hydrogens is 388 g/mol. The quantitative estimate of drug-likeness (QED) is 0.551. The molecule has 0 spiro atoms. The fourth-order valence-corrected chi connectivity index (χ4v) is 2.81. The lowest BCUT2D eigenvalue weighted by Gasteiger charge is -2.08. The number of carbonyl (C=O) groups excluding carboxylic acids is 3. The summed E-state index contributed by atoms with van der Waals surface area (Å²) in [7, 11) is 0. The van der Waals surface area contributed by atoms with Gasteiger partial charge in [-0.15, -0.1) is 0 Å². The molecule has 0 radical (unpaired) electrons. The maximum atomic E-state index is 12.2. The molecule has 2 N–H and O–H groups in total. The molecule has 0 unspecified atom stereocenters. The van der Waals surface area contributed by atoms with Crippen LogP contribution in [0.5, 0.6) is 0 Å². The molecule has 0 aliphatic heterocycles. The highest BCUT2D eigenvalue weighted by molar-refractivity contribution is 5.94. The number of para-hydroxylation sites is 1. The maximum Gasteiger partial charge on any atom is 0.308 e. The summed E-state index contributed by atoms with van der Waals surface area (Å²) < 4.78 is 11.7. The molecule has 30 heavy (non-hydrogen) atoms. The Morgan fingerprint density at radius 2 is 1.87 bits per heavy atom. The van der Waals surface area contributed by atoms with Crippen molar-refractivity contribution in [3.63, 3.8) is 0 Å². The van der Waals surface area contributed by atoms with Crippen LogP contribution in [0.25, 0.3) is 5.69 Å². The van der Waals surface area contributed by atoms with Crippen LogP contribution in [0.4, 0.5) is 5.69 Å². The van der Waals surface area contributed by atoms with Gasteiger partial charge in [-0.2, -0.15) is 5.10 Å². The number of nitrogens with one attached hydrogen (secondary N) is 2. The van der Waals surface area contributed by atoms with Crippen LogP contribution in [0.2, 0.25) is 0 Å². The molecule has 0 fully saturated rings. The average Bonchev–Trinajstić information content (AvgIpc) is 3.37. The van der Waals surface area contributed by atoms with Gasteiger partial charge in [0.15, 0.2) is 12.4 Å². The number of benzene rings is 1. The molecule has 9 nitrogen and oxygen atoms in total. The van der Waals surface area contributed by atoms with Crippen LogP contribution in [0.1, 0.15) is 28.4 Å². The van der Waals surface area contributed by atoms with Crippen LogP contribution in [-0.4, -0.2) is 40.7 Å². The van der Waals surface area contributed by atoms with E-state index >= 15 is 0 Å². The van der Waals surface area contributed by atoms with Crippen LogP contribution < -0.4 is 10.6 Å². The fraction of sp³-hybridized carbons (Fsp3) is 0.238. The maximum absolute atomic E-state index is 12.2. The second kappa shape index (κ2) is 9.55. The summed E-state index contributed by atoms with van der Waals surface area (Å²) in [6.45, 7) is 3.27. The Morgan fingerprint density at radius 1 is 1.10 bits per heavy atom. The van der Waals surface area contributed by atoms with E-state index < -0.39 is 24.4 Å². The second-order valence-corrected chi connectivity index (χ2v) is 6.49. The molecule has 0 bridgehead atoms. The van der Waals surface area contributed by atoms with Crippen molar-refractivity contribution in [2.24, 2.45) is 0 Å². The Morgan fingerprint density at radius 3 is 2.57 bits per heavy atom. The van der Waals surface area contributed by atoms with E-state index in [0.717, 1.165) is 11.4 Å². The summed E-state index contributed by atoms with van der Waals surface area (Å²) in [5, 5.41) is 9.72. The number of anilines is 1. The third-order valence-corrected chi connectivity index (χ3v) is 4.28. The zero-order chi connectivity index (χ0) is 21.5. The van der Waals surface area contributed by atoms with Crippen LogP contribution in [0, 0.1) is 13.8 Å². The smallest absolute Gasteiger partial charge is 0.308 e. The van der Waals surface area contributed by atoms with Crippen molar-refractivity contribution in [3.8, 4) is 5.69 Å². The van der Waals surface area contributed by atoms with E-state index in [1.54, 1.807) is 17.7 Å². The van der Waals surface area contributed by atoms with Gasteiger partial charge in [0.05, 0.1) is 35.4 Å². The topological polar surface area (TPSA) is 115 Å². The molecule has 3 rings (SSSR count). The Kier molecular flexibility index (Phi) is 6.63. The van der Waals surface area contributed by atoms with Crippen molar-refractivity contribution < 1.29 is 23.5 Å². The molecule has 2 heterocycles. The molecule has 1 aromatic carbocycles. The number of esters is 1. The van der Waals surface area contributed by atoms with E-state index in [2.05, 4.69) is 15.7 Å². The highest BCUT2D eigenvalue weighted by atomic mass is 16.5. The Labute approximate surface area is 173 Å². The number of amides is 2. The van der Waals surface area contributed by atoms with E-state index in [1.165, 1.54) is 12.3 Å². The molecule has 0 saturated heterocycles. The summed E-state index contributed by atoms with van der Waals surface area (Å²) in [4.78, 5) is 35.7. The first-order valence-electron chi connectivity index (χ1n) is 9.34. The first-order chi connectivity index (χ1) is 14.5. The van der Waals surface area contributed by atoms with E-state index in [0.29, 0.717) is 11.4 Å². The van der Waals surface area contributed by atoms with E-state index in [9.17, 15) is 14.4 Å². The number of aryl methyl sites for hydroxylation is 1. The van der Waals surface area contributed by atoms with Crippen LogP contribution >= 0.6 is 0 Å². The summed E-state index contributed by atoms with van der Waals surface area (Å²) in [6.07, 6.45) is 1.32. The number of rotatable bonds is 8. The Bertz CT molecular complexity index is 1030. The first-order valence-corrected chi connectivity index (χ1v) is 9.34. The molecule has 3 aromatic rings. The van der Waals surface area contributed by atoms with E-state index in [-0.39, 0.29) is 18.7 Å². The van der Waals surface area contributed by atoms with Crippen molar-refractivity contribution in [2.45, 2.75) is 20.3 Å². The predicted molar refractivity (Wildman–Crippen MR) is 108 cm³/mol. The van der Waals surface area contributed by atoms with Gasteiger partial charge >= 0.3 is 5.97 Å². The monoisotopic (exact) mass is 410 g/mol. The lowest BCUT2D eigenvalue weighted by Crippen LogP contribution is -2.27. The molecule has 156 valence electrons. The van der Waals surface area contributed by atoms with Gasteiger partial charge in [-0.05, 0) is 38.1 Å². The Balaban J connectivity index is 1.46. The summed E-state index contributed by atoms with van der Waals surface area (Å²) in [5.74, 6) is -1.34. The predicted octanol–water partition coefficient (Wildman–Crippen LogP) is 2.38. The SMILES string of the molecule is Cc1nn(-c2ccccc2)c(C)c1NC(=O)COC(=O)CCNC(=O)c1ccco1. The summed E-state index contributed by atoms with van der Waals surface area (Å²) in [5.41, 5.74) is 2.86. The van der Waals surface area contributed by atoms with Gasteiger partial charge in [-0.25, -0.2) is 4.68 Å². The number of carbonyl (C=O) groups is 3. The number of aromatic nitrogens is 2. The molecule has 0 aliphatic rings. The molecule has 9 heteroatoms. The van der Waals surface area contributed by atoms with Crippen LogP contribution in [0.15, 0.2) is 53.1 Å². The third kappa shape index (κ3) is 5.13. The van der Waals surface area contributed by atoms with Gasteiger partial charge in [0, 0.05) is 6.54 Å². The number of hydrogen-bond donors (Lipinski definition) is 2. The summed E-state index contributed by atoms with van der Waals surface area (Å²) >= 11 is 0. The average molecular weight is 410 g/mol. The number of nitrogens with zero attached hydrogens (tertiary/aromatic N) is 2. The molecular formula is C21H22N4O5. The van der Waals surface area contributed by atoms with Crippen LogP contribution in [-0.2, 0) is 14.3 Å². The van der Waals surface area contributed by atoms with Crippen molar-refractivity contribution in [2.75, 3.05) is 18.5 Å². The zero-order valence-corrected chi connectivity index (χ0v) is 16.7. The van der Waals surface area contributed by atoms with Gasteiger partial charge in [-0.1, -0.05) is 18.2 Å². The Hall–Kier alpha value is -3.88. The van der Waals surface area contributed by atoms with Gasteiger partial charge in [0.1, 0.15) is 0 Å². The lowest BCUT2D eigenvalue weighted by atomic mass is 10.3. The van der Waals surface area contributed by atoms with Gasteiger partial charge in [0.2, 0.25) is 0 Å². The fourth-order valence-electron chi connectivity index (χ4n) is 2.81. The number of furan rings is 1. The summed E-state index contributed by atoms with van der Waals surface area (Å²) in [6, 6.07) is 12.7. The molecule has 0 aliphatic carbocycles. The minimum Gasteiger partial charge on any atom is -0.459 e. The van der Waals surface area contributed by atoms with Crippen molar-refractivity contribution in [1.29, 1.82) is 0 Å². The third-order valence-electron chi connectivity index (χ3n) is 4.28. The van der Waals surface area contributed by atoms with Crippen molar-refractivity contribution >= 4 is 23.5 Å². The molecule has 0 atom stereocenters. The molecule has 2 aromatic heterocycles. The molecule has 2 amide bonds. The van der Waals surface area contributed by atoms with Gasteiger partial charge < -0.3 is 19.8 Å². The highest BCUT2D eigenvalue weighted by Crippen LogP contribution is 2.22. The second-order valence-electron chi connectivity index (χ2n) is 6.49. The largest absolute Gasteiger partial charge is 0.459 e. The van der Waals surface area contributed by atoms with Gasteiger partial charge in [-0.3, -0.25) is 14.4 Å². The minimum absolute atomic E-state index is 0.0658. The minimum atomic E-state index is -0.599. The standard InChI is InChI=1S/C21H22N4O5/c1-14-20(15(2)25(24-14)16-7-4-3-5-8-16)23-18(26)13-30-19(27)10-11-22-21(28)17-9-6-12-29-17/h3-9,12H,10-11,13H2,1-2H3,(H,22,28)(H,23,26). The number of hydrogen-bond acceptors (Lipinski definition) is 6. The molecule has 0 saturated carbocycles. The van der Waals surface area contributed by atoms with Crippen molar-refractivity contribution in [3.05, 3.63) is 65.9 Å². The normalized spacial score (nSPS) is 10.5.